The van der Waals surface area contributed by atoms with E-state index in [1.165, 1.54) is 0 Å². The highest BCUT2D eigenvalue weighted by Crippen LogP contribution is 2.21. The summed E-state index contributed by atoms with van der Waals surface area (Å²) in [6.07, 6.45) is 2.85. The molecule has 39 heavy (non-hydrogen) atoms. The molecule has 2 aromatic rings. The van der Waals surface area contributed by atoms with E-state index in [1.807, 2.05) is 82.3 Å². The van der Waals surface area contributed by atoms with Crippen LogP contribution in [0.25, 0.3) is 0 Å². The van der Waals surface area contributed by atoms with Crippen LogP contribution in [0.1, 0.15) is 58.1 Å². The van der Waals surface area contributed by atoms with Crippen molar-refractivity contribution in [1.82, 2.24) is 21.3 Å². The second kappa shape index (κ2) is 15.3. The van der Waals surface area contributed by atoms with Crippen molar-refractivity contribution in [2.45, 2.75) is 84.0 Å². The van der Waals surface area contributed by atoms with Crippen LogP contribution in [0.2, 0.25) is 0 Å². The number of fused-ring (bicyclic) bond motifs is 1. The van der Waals surface area contributed by atoms with Crippen molar-refractivity contribution >= 4 is 17.7 Å². The molecule has 0 unspecified atom stereocenters. The largest absolute Gasteiger partial charge is 0.489 e. The Labute approximate surface area is 232 Å². The fourth-order valence-electron chi connectivity index (χ4n) is 4.72. The van der Waals surface area contributed by atoms with Gasteiger partial charge in [-0.05, 0) is 49.3 Å². The monoisotopic (exact) mass is 536 g/mol. The number of ether oxygens (including phenoxy) is 1. The van der Waals surface area contributed by atoms with Gasteiger partial charge in [0.25, 0.3) is 0 Å². The zero-order valence-corrected chi connectivity index (χ0v) is 23.7. The molecule has 0 radical (unpaired) electrons. The molecule has 0 aromatic heterocycles. The Bertz CT molecular complexity index is 1080. The van der Waals surface area contributed by atoms with Crippen molar-refractivity contribution in [2.24, 2.45) is 5.92 Å². The first-order chi connectivity index (χ1) is 18.8. The lowest BCUT2D eigenvalue weighted by atomic mass is 9.97. The molecule has 1 aliphatic rings. The van der Waals surface area contributed by atoms with Crippen LogP contribution in [0.3, 0.4) is 0 Å². The number of hydrogen-bond donors (Lipinski definition) is 4. The zero-order valence-electron chi connectivity index (χ0n) is 23.7. The smallest absolute Gasteiger partial charge is 0.243 e. The van der Waals surface area contributed by atoms with E-state index in [2.05, 4.69) is 21.3 Å². The Morgan fingerprint density at radius 1 is 0.897 bits per heavy atom. The molecule has 0 aliphatic carbocycles. The Morgan fingerprint density at radius 2 is 1.59 bits per heavy atom. The molecule has 0 bridgehead atoms. The number of carbonyl (C=O) groups excluding carboxylic acids is 3. The molecule has 2 aromatic carbocycles. The van der Waals surface area contributed by atoms with E-state index >= 15 is 0 Å². The first-order valence-electron chi connectivity index (χ1n) is 14.2. The standard InChI is InChI=1S/C31H44N4O4/c1-5-21(3)28-31(38)34-25(6-2)30(37)35-26(19-23-13-8-7-9-14-23)29(36)32-18-12-16-24-15-10-11-17-27(24)39-22(4)20-33-28/h7-11,13-15,17,21-22,25-26,28,33H,5-6,12,16,18-20H2,1-4H3,(H,32,36)(H,34,38)(H,35,37)/t21-,22+,25+,26+,28-/m0/s1. The fraction of sp³-hybridized carbons (Fsp3) is 0.516. The lowest BCUT2D eigenvalue weighted by molar-refractivity contribution is -0.133. The number of nitrogens with one attached hydrogen (secondary N) is 4. The summed E-state index contributed by atoms with van der Waals surface area (Å²) in [5.74, 6) is 0.0174. The number of para-hydroxylation sites is 1. The molecular weight excluding hydrogens is 492 g/mol. The van der Waals surface area contributed by atoms with E-state index in [9.17, 15) is 14.4 Å². The maximum absolute atomic E-state index is 13.4. The summed E-state index contributed by atoms with van der Waals surface area (Å²) in [6, 6.07) is 15.5. The predicted molar refractivity (Wildman–Crippen MR) is 153 cm³/mol. The van der Waals surface area contributed by atoms with E-state index in [0.29, 0.717) is 25.9 Å². The SMILES string of the molecule is CC[C@H]1NC(=O)[C@H]([C@@H](C)CC)NC[C@@H](C)Oc2ccccc2CCCNC(=O)[C@@H](Cc2ccccc2)NC1=O. The van der Waals surface area contributed by atoms with Gasteiger partial charge in [-0.2, -0.15) is 0 Å². The molecule has 4 N–H and O–H groups in total. The van der Waals surface area contributed by atoms with Crippen LogP contribution in [0.4, 0.5) is 0 Å². The normalized spacial score (nSPS) is 24.6. The number of benzene rings is 2. The van der Waals surface area contributed by atoms with Crippen LogP contribution in [0, 0.1) is 5.92 Å². The second-order valence-corrected chi connectivity index (χ2v) is 10.4. The van der Waals surface area contributed by atoms with Crippen LogP contribution in [-0.2, 0) is 27.2 Å². The lowest BCUT2D eigenvalue weighted by Crippen LogP contribution is -2.58. The van der Waals surface area contributed by atoms with Gasteiger partial charge in [0.1, 0.15) is 23.9 Å². The minimum absolute atomic E-state index is 0.0484. The fourth-order valence-corrected chi connectivity index (χ4v) is 4.72. The van der Waals surface area contributed by atoms with Gasteiger partial charge < -0.3 is 26.0 Å². The van der Waals surface area contributed by atoms with Crippen molar-refractivity contribution in [1.29, 1.82) is 0 Å². The lowest BCUT2D eigenvalue weighted by Gasteiger charge is -2.28. The van der Waals surface area contributed by atoms with Crippen LogP contribution in [-0.4, -0.2) is 55.0 Å². The first-order valence-corrected chi connectivity index (χ1v) is 14.2. The quantitative estimate of drug-likeness (QED) is 0.470. The molecular formula is C31H44N4O4. The Balaban J connectivity index is 1.86. The van der Waals surface area contributed by atoms with Crippen LogP contribution >= 0.6 is 0 Å². The Morgan fingerprint density at radius 3 is 2.31 bits per heavy atom. The molecule has 3 rings (SSSR count). The minimum Gasteiger partial charge on any atom is -0.489 e. The van der Waals surface area contributed by atoms with Gasteiger partial charge in [-0.15, -0.1) is 0 Å². The molecule has 0 saturated carbocycles. The van der Waals surface area contributed by atoms with Crippen molar-refractivity contribution < 1.29 is 19.1 Å². The first kappa shape index (κ1) is 30.2. The van der Waals surface area contributed by atoms with Gasteiger partial charge in [0.15, 0.2) is 0 Å². The van der Waals surface area contributed by atoms with Gasteiger partial charge >= 0.3 is 0 Å². The Kier molecular flexibility index (Phi) is 11.8. The van der Waals surface area contributed by atoms with E-state index in [1.54, 1.807) is 0 Å². The van der Waals surface area contributed by atoms with Crippen LogP contribution < -0.4 is 26.0 Å². The third kappa shape index (κ3) is 9.10. The summed E-state index contributed by atoms with van der Waals surface area (Å²) in [7, 11) is 0. The van der Waals surface area contributed by atoms with Crippen LogP contribution in [0.5, 0.6) is 5.75 Å². The number of hydrogen-bond acceptors (Lipinski definition) is 5. The highest BCUT2D eigenvalue weighted by Gasteiger charge is 2.30. The van der Waals surface area contributed by atoms with Crippen molar-refractivity contribution in [2.75, 3.05) is 13.1 Å². The minimum atomic E-state index is -0.760. The van der Waals surface area contributed by atoms with E-state index in [0.717, 1.165) is 36.1 Å². The average Bonchev–Trinajstić information content (AvgIpc) is 2.94. The molecule has 0 fully saturated rings. The second-order valence-electron chi connectivity index (χ2n) is 10.4. The predicted octanol–water partition coefficient (Wildman–Crippen LogP) is 3.14. The van der Waals surface area contributed by atoms with Gasteiger partial charge in [0.05, 0.1) is 6.04 Å². The van der Waals surface area contributed by atoms with Gasteiger partial charge in [-0.1, -0.05) is 75.7 Å². The molecule has 3 amide bonds. The van der Waals surface area contributed by atoms with E-state index in [4.69, 9.17) is 4.74 Å². The van der Waals surface area contributed by atoms with Crippen molar-refractivity contribution in [3.63, 3.8) is 0 Å². The van der Waals surface area contributed by atoms with Crippen molar-refractivity contribution in [3.05, 3.63) is 65.7 Å². The van der Waals surface area contributed by atoms with Gasteiger partial charge in [-0.3, -0.25) is 14.4 Å². The summed E-state index contributed by atoms with van der Waals surface area (Å²) < 4.78 is 6.26. The molecule has 0 spiro atoms. The van der Waals surface area contributed by atoms with Gasteiger partial charge in [0.2, 0.25) is 17.7 Å². The molecule has 0 saturated heterocycles. The molecule has 1 heterocycles. The highest BCUT2D eigenvalue weighted by atomic mass is 16.5. The summed E-state index contributed by atoms with van der Waals surface area (Å²) in [5, 5.41) is 12.2. The Hall–Kier alpha value is -3.39. The summed E-state index contributed by atoms with van der Waals surface area (Å²) >= 11 is 0. The summed E-state index contributed by atoms with van der Waals surface area (Å²) in [6.45, 7) is 8.83. The van der Waals surface area contributed by atoms with Crippen molar-refractivity contribution in [3.8, 4) is 5.75 Å². The molecule has 1 aliphatic heterocycles. The third-order valence-corrected chi connectivity index (χ3v) is 7.30. The summed E-state index contributed by atoms with van der Waals surface area (Å²) in [5.41, 5.74) is 2.01. The molecule has 212 valence electrons. The van der Waals surface area contributed by atoms with Gasteiger partial charge in [0, 0.05) is 19.5 Å². The molecule has 8 heteroatoms. The average molecular weight is 537 g/mol. The van der Waals surface area contributed by atoms with E-state index in [-0.39, 0.29) is 29.7 Å². The number of aryl methyl sites for hydroxylation is 1. The number of rotatable bonds is 5. The third-order valence-electron chi connectivity index (χ3n) is 7.30. The highest BCUT2D eigenvalue weighted by molar-refractivity contribution is 5.93. The summed E-state index contributed by atoms with van der Waals surface area (Å²) in [4.78, 5) is 39.9. The maximum Gasteiger partial charge on any atom is 0.243 e. The zero-order chi connectivity index (χ0) is 28.2. The number of amides is 3. The number of carbonyl (C=O) groups is 3. The molecule has 8 nitrogen and oxygen atoms in total. The maximum atomic E-state index is 13.4. The van der Waals surface area contributed by atoms with E-state index < -0.39 is 18.1 Å². The van der Waals surface area contributed by atoms with Crippen LogP contribution in [0.15, 0.2) is 54.6 Å². The van der Waals surface area contributed by atoms with Gasteiger partial charge in [-0.25, -0.2) is 0 Å². The molecule has 5 atom stereocenters. The topological polar surface area (TPSA) is 109 Å².